The van der Waals surface area contributed by atoms with Crippen LogP contribution in [-0.4, -0.2) is 31.2 Å². The Hall–Kier alpha value is -2.49. The number of guanidine groups is 1. The molecule has 1 aromatic carbocycles. The number of nitrogens with one attached hydrogen (secondary N) is 2. The molecule has 0 spiro atoms. The van der Waals surface area contributed by atoms with E-state index in [2.05, 4.69) is 20.6 Å². The van der Waals surface area contributed by atoms with E-state index in [0.717, 1.165) is 46.6 Å². The van der Waals surface area contributed by atoms with E-state index in [1.54, 1.807) is 14.2 Å². The second-order valence-electron chi connectivity index (χ2n) is 6.90. The minimum atomic E-state index is -4.43. The molecule has 2 N–H and O–H groups in total. The van der Waals surface area contributed by atoms with Gasteiger partial charge in [0.2, 0.25) is 0 Å². The van der Waals surface area contributed by atoms with Gasteiger partial charge in [0, 0.05) is 30.6 Å². The van der Waals surface area contributed by atoms with Crippen LogP contribution >= 0.6 is 11.3 Å². The number of alkyl halides is 3. The summed E-state index contributed by atoms with van der Waals surface area (Å²) < 4.78 is 49.5. The lowest BCUT2D eigenvalue weighted by atomic mass is 10.2. The van der Waals surface area contributed by atoms with E-state index in [0.29, 0.717) is 17.5 Å². The highest BCUT2D eigenvalue weighted by atomic mass is 32.1. The quantitative estimate of drug-likeness (QED) is 0.493. The molecule has 0 saturated heterocycles. The average Bonchev–Trinajstić information content (AvgIpc) is 3.40. The first-order valence-corrected chi connectivity index (χ1v) is 10.6. The summed E-state index contributed by atoms with van der Waals surface area (Å²) in [5, 5.41) is 7.50. The lowest BCUT2D eigenvalue weighted by molar-refractivity contribution is -0.140. The molecule has 0 unspecified atom stereocenters. The van der Waals surface area contributed by atoms with Crippen molar-refractivity contribution >= 4 is 17.3 Å². The summed E-state index contributed by atoms with van der Waals surface area (Å²) in [7, 11) is 3.21. The third-order valence-electron chi connectivity index (χ3n) is 4.79. The fourth-order valence-electron chi connectivity index (χ4n) is 3.18. The number of rotatable bonds is 7. The first-order chi connectivity index (χ1) is 14.4. The molecule has 0 amide bonds. The van der Waals surface area contributed by atoms with Crippen molar-refractivity contribution in [3.05, 3.63) is 39.8 Å². The third kappa shape index (κ3) is 6.01. The van der Waals surface area contributed by atoms with Crippen molar-refractivity contribution in [3.63, 3.8) is 0 Å². The Bertz CT molecular complexity index is 864. The number of hydrogen-bond donors (Lipinski definition) is 2. The van der Waals surface area contributed by atoms with Gasteiger partial charge in [0.1, 0.15) is 16.5 Å². The first kappa shape index (κ1) is 22.2. The van der Waals surface area contributed by atoms with Crippen LogP contribution in [0.4, 0.5) is 13.2 Å². The normalized spacial score (nSPS) is 15.3. The van der Waals surface area contributed by atoms with Crippen LogP contribution in [0.1, 0.15) is 41.9 Å². The molecule has 0 atom stereocenters. The first-order valence-electron chi connectivity index (χ1n) is 9.68. The number of ether oxygens (including phenoxy) is 2. The number of nitrogens with zero attached hydrogens (tertiary/aromatic N) is 2. The highest BCUT2D eigenvalue weighted by molar-refractivity contribution is 7.09. The van der Waals surface area contributed by atoms with Gasteiger partial charge in [-0.15, -0.1) is 11.3 Å². The topological polar surface area (TPSA) is 67.8 Å². The zero-order valence-corrected chi connectivity index (χ0v) is 17.7. The molecule has 1 saturated carbocycles. The summed E-state index contributed by atoms with van der Waals surface area (Å²) in [6, 6.07) is 5.67. The van der Waals surface area contributed by atoms with Gasteiger partial charge in [-0.2, -0.15) is 13.2 Å². The van der Waals surface area contributed by atoms with Gasteiger partial charge in [0.05, 0.1) is 19.8 Å². The molecule has 30 heavy (non-hydrogen) atoms. The fourth-order valence-corrected chi connectivity index (χ4v) is 3.93. The summed E-state index contributed by atoms with van der Waals surface area (Å²) in [6.45, 7) is 0.589. The summed E-state index contributed by atoms with van der Waals surface area (Å²) >= 11 is 0.957. The predicted molar refractivity (Wildman–Crippen MR) is 110 cm³/mol. The van der Waals surface area contributed by atoms with Gasteiger partial charge in [0.15, 0.2) is 11.7 Å². The maximum absolute atomic E-state index is 12.7. The third-order valence-corrected chi connectivity index (χ3v) is 5.64. The Kier molecular flexibility index (Phi) is 7.41. The van der Waals surface area contributed by atoms with Crippen LogP contribution in [0.2, 0.25) is 0 Å². The summed E-state index contributed by atoms with van der Waals surface area (Å²) in [6.07, 6.45) is 0.207. The smallest absolute Gasteiger partial charge is 0.434 e. The van der Waals surface area contributed by atoms with Crippen molar-refractivity contribution in [3.8, 4) is 11.5 Å². The van der Waals surface area contributed by atoms with Crippen LogP contribution < -0.4 is 20.1 Å². The highest BCUT2D eigenvalue weighted by Gasteiger charge is 2.33. The SMILES string of the molecule is CN=C(NCc1nc(C(F)(F)F)cs1)NCc1ccc(OC)cc1OC1CCCC1. The Morgan fingerprint density at radius 3 is 2.60 bits per heavy atom. The monoisotopic (exact) mass is 442 g/mol. The van der Waals surface area contributed by atoms with Crippen LogP contribution in [-0.2, 0) is 19.3 Å². The van der Waals surface area contributed by atoms with E-state index in [1.807, 2.05) is 18.2 Å². The standard InChI is InChI=1S/C20H25F3N4O2S/c1-24-19(26-11-18-27-17(12-30-18)20(21,22)23)25-10-13-7-8-15(28-2)9-16(13)29-14-5-3-4-6-14/h7-9,12,14H,3-6,10-11H2,1-2H3,(H2,24,25,26). The minimum Gasteiger partial charge on any atom is -0.497 e. The fraction of sp³-hybridized carbons (Fsp3) is 0.500. The zero-order chi connectivity index (χ0) is 21.6. The Morgan fingerprint density at radius 1 is 1.23 bits per heavy atom. The molecule has 1 fully saturated rings. The molecule has 164 valence electrons. The molecule has 0 radical (unpaired) electrons. The van der Waals surface area contributed by atoms with Gasteiger partial charge >= 0.3 is 6.18 Å². The molecule has 1 aromatic heterocycles. The number of halogens is 3. The van der Waals surface area contributed by atoms with Gasteiger partial charge in [-0.3, -0.25) is 4.99 Å². The molecule has 2 aromatic rings. The number of hydrogen-bond acceptors (Lipinski definition) is 5. The van der Waals surface area contributed by atoms with Gasteiger partial charge in [-0.1, -0.05) is 0 Å². The predicted octanol–water partition coefficient (Wildman–Crippen LogP) is 4.36. The number of aliphatic imine (C=N–C) groups is 1. The van der Waals surface area contributed by atoms with E-state index in [1.165, 1.54) is 12.8 Å². The summed E-state index contributed by atoms with van der Waals surface area (Å²) in [5.41, 5.74) is 0.0680. The molecule has 10 heteroatoms. The number of benzene rings is 1. The molecule has 0 aliphatic heterocycles. The molecule has 1 aliphatic carbocycles. The maximum atomic E-state index is 12.7. The van der Waals surface area contributed by atoms with Crippen LogP contribution in [0.3, 0.4) is 0 Å². The molecular formula is C20H25F3N4O2S. The molecule has 1 heterocycles. The zero-order valence-electron chi connectivity index (χ0n) is 16.9. The number of methoxy groups -OCH3 is 1. The van der Waals surface area contributed by atoms with Crippen LogP contribution in [0, 0.1) is 0 Å². The van der Waals surface area contributed by atoms with Crippen LogP contribution in [0.5, 0.6) is 11.5 Å². The van der Waals surface area contributed by atoms with Gasteiger partial charge in [-0.05, 0) is 37.8 Å². The number of aromatic nitrogens is 1. The van der Waals surface area contributed by atoms with Crippen molar-refractivity contribution < 1.29 is 22.6 Å². The number of thiazole rings is 1. The largest absolute Gasteiger partial charge is 0.497 e. The van der Waals surface area contributed by atoms with Crippen molar-refractivity contribution in [2.75, 3.05) is 14.2 Å². The second kappa shape index (κ2) is 10.0. The minimum absolute atomic E-state index is 0.147. The molecular weight excluding hydrogens is 417 g/mol. The van der Waals surface area contributed by atoms with E-state index in [9.17, 15) is 13.2 Å². The van der Waals surface area contributed by atoms with Crippen LogP contribution in [0.15, 0.2) is 28.6 Å². The highest BCUT2D eigenvalue weighted by Crippen LogP contribution is 2.31. The second-order valence-corrected chi connectivity index (χ2v) is 7.84. The van der Waals surface area contributed by atoms with Crippen molar-refractivity contribution in [2.45, 2.75) is 51.1 Å². The lowest BCUT2D eigenvalue weighted by Crippen LogP contribution is -2.36. The van der Waals surface area contributed by atoms with E-state index in [4.69, 9.17) is 9.47 Å². The van der Waals surface area contributed by atoms with E-state index < -0.39 is 11.9 Å². The molecule has 0 bridgehead atoms. The lowest BCUT2D eigenvalue weighted by Gasteiger charge is -2.18. The Labute approximate surface area is 177 Å². The van der Waals surface area contributed by atoms with Crippen molar-refractivity contribution in [1.29, 1.82) is 0 Å². The van der Waals surface area contributed by atoms with Gasteiger partial charge in [-0.25, -0.2) is 4.98 Å². The maximum Gasteiger partial charge on any atom is 0.434 e. The van der Waals surface area contributed by atoms with Gasteiger partial charge in [0.25, 0.3) is 0 Å². The Balaban J connectivity index is 1.59. The van der Waals surface area contributed by atoms with E-state index in [-0.39, 0.29) is 12.6 Å². The Morgan fingerprint density at radius 2 is 1.97 bits per heavy atom. The van der Waals surface area contributed by atoms with Crippen molar-refractivity contribution in [2.24, 2.45) is 4.99 Å². The molecule has 3 rings (SSSR count). The van der Waals surface area contributed by atoms with Crippen LogP contribution in [0.25, 0.3) is 0 Å². The van der Waals surface area contributed by atoms with Gasteiger partial charge < -0.3 is 20.1 Å². The van der Waals surface area contributed by atoms with E-state index >= 15 is 0 Å². The molecule has 1 aliphatic rings. The molecule has 6 nitrogen and oxygen atoms in total. The van der Waals surface area contributed by atoms with Crippen molar-refractivity contribution in [1.82, 2.24) is 15.6 Å². The summed E-state index contributed by atoms with van der Waals surface area (Å²) in [5.74, 6) is 1.94. The average molecular weight is 443 g/mol. The summed E-state index contributed by atoms with van der Waals surface area (Å²) in [4.78, 5) is 7.73.